The highest BCUT2D eigenvalue weighted by Gasteiger charge is 2.34. The molecule has 5 aromatic rings. The Morgan fingerprint density at radius 2 is 1.22 bits per heavy atom. The summed E-state index contributed by atoms with van der Waals surface area (Å²) in [7, 11) is 0. The first kappa shape index (κ1) is 48.2. The zero-order chi connectivity index (χ0) is 46.7. The average molecular weight is 890 g/mol. The van der Waals surface area contributed by atoms with Crippen LogP contribution in [-0.4, -0.2) is 64.1 Å². The number of carbonyl (C=O) groups excluding carboxylic acids is 4. The molecule has 0 aliphatic heterocycles. The number of fused-ring (bicyclic) bond motifs is 1. The lowest BCUT2D eigenvalue weighted by molar-refractivity contribution is -0.155. The monoisotopic (exact) mass is 889 g/mol. The normalized spacial score (nSPS) is 12.0. The molecule has 0 saturated heterocycles. The van der Waals surface area contributed by atoms with Crippen LogP contribution in [0, 0.1) is 0 Å². The van der Waals surface area contributed by atoms with E-state index in [9.17, 15) is 19.2 Å². The Bertz CT molecular complexity index is 2470. The van der Waals surface area contributed by atoms with Gasteiger partial charge in [-0.05, 0) is 134 Å². The fourth-order valence-corrected chi connectivity index (χ4v) is 8.12. The molecule has 1 aromatic heterocycles. The SMILES string of the molecule is C=CC(=O)OC(C)(C)CC(C)(C)Oc1ccc(C(=O)OCCc2ccc(OC(=O)c3ccc(OC(C)(C)CC(C)(C)OC(=O)C=C)cc3)c(/C=N/Nc3nc4ccccc4s3)c2)cc1. The standard InChI is InChI=1S/C50H55N3O10S/c1-11-42(54)62-49(7,8)31-47(3,4)60-37-22-18-34(19-23-37)44(56)58-28-27-33-17-26-40(36(29-33)30-51-53-46-52-39-15-13-14-16-41(39)64-46)59-45(57)35-20-24-38(25-21-35)61-48(5,6)32-50(9,10)63-43(55)12-2/h11-26,29-30H,1-2,27-28,31-32H2,3-10H3,(H,52,53)/b51-30+. The van der Waals surface area contributed by atoms with Gasteiger partial charge in [0.15, 0.2) is 0 Å². The van der Waals surface area contributed by atoms with Gasteiger partial charge in [-0.3, -0.25) is 5.43 Å². The van der Waals surface area contributed by atoms with E-state index in [1.54, 1.807) is 94.4 Å². The minimum absolute atomic E-state index is 0.0744. The Kier molecular flexibility index (Phi) is 15.5. The van der Waals surface area contributed by atoms with Crippen LogP contribution in [0.5, 0.6) is 17.2 Å². The number of benzene rings is 4. The van der Waals surface area contributed by atoms with Crippen molar-refractivity contribution in [2.24, 2.45) is 5.10 Å². The molecular weight excluding hydrogens is 835 g/mol. The molecule has 0 aliphatic carbocycles. The van der Waals surface area contributed by atoms with E-state index in [4.69, 9.17) is 28.4 Å². The molecule has 5 rings (SSSR count). The highest BCUT2D eigenvalue weighted by atomic mass is 32.1. The number of esters is 4. The molecule has 0 aliphatic rings. The van der Waals surface area contributed by atoms with Crippen LogP contribution in [0.1, 0.15) is 100 Å². The van der Waals surface area contributed by atoms with Crippen molar-refractivity contribution in [3.63, 3.8) is 0 Å². The molecule has 64 heavy (non-hydrogen) atoms. The quantitative estimate of drug-likeness (QED) is 0.0186. The van der Waals surface area contributed by atoms with Gasteiger partial charge in [-0.1, -0.05) is 42.7 Å². The number of nitrogens with one attached hydrogen (secondary N) is 1. The van der Waals surface area contributed by atoms with Gasteiger partial charge < -0.3 is 28.4 Å². The van der Waals surface area contributed by atoms with E-state index in [2.05, 4.69) is 28.7 Å². The number of rotatable bonds is 21. The van der Waals surface area contributed by atoms with E-state index in [1.807, 2.05) is 52.0 Å². The van der Waals surface area contributed by atoms with E-state index in [0.717, 1.165) is 27.9 Å². The number of carbonyl (C=O) groups is 4. The number of aromatic nitrogens is 1. The van der Waals surface area contributed by atoms with Crippen LogP contribution in [0.2, 0.25) is 0 Å². The Balaban J connectivity index is 1.23. The molecule has 0 atom stereocenters. The van der Waals surface area contributed by atoms with Crippen LogP contribution in [0.3, 0.4) is 0 Å². The van der Waals surface area contributed by atoms with E-state index < -0.39 is 46.3 Å². The molecule has 0 amide bonds. The first-order valence-corrected chi connectivity index (χ1v) is 21.4. The maximum Gasteiger partial charge on any atom is 0.343 e. The molecule has 0 unspecified atom stereocenters. The zero-order valence-electron chi connectivity index (χ0n) is 37.5. The van der Waals surface area contributed by atoms with E-state index >= 15 is 0 Å². The van der Waals surface area contributed by atoms with Crippen LogP contribution in [0.4, 0.5) is 5.13 Å². The minimum atomic E-state index is -0.808. The first-order chi connectivity index (χ1) is 30.1. The fraction of sp³-hybridized carbons (Fsp3) is 0.320. The number of anilines is 1. The van der Waals surface area contributed by atoms with Gasteiger partial charge in [0.1, 0.15) is 39.7 Å². The fourth-order valence-electron chi connectivity index (χ4n) is 7.31. The van der Waals surface area contributed by atoms with Gasteiger partial charge in [0.05, 0.1) is 34.2 Å². The summed E-state index contributed by atoms with van der Waals surface area (Å²) in [5, 5.41) is 4.99. The molecule has 0 bridgehead atoms. The first-order valence-electron chi connectivity index (χ1n) is 20.6. The lowest BCUT2D eigenvalue weighted by Gasteiger charge is -2.34. The molecule has 0 radical (unpaired) electrons. The highest BCUT2D eigenvalue weighted by molar-refractivity contribution is 7.22. The third kappa shape index (κ3) is 14.7. The third-order valence-electron chi connectivity index (χ3n) is 9.32. The predicted octanol–water partition coefficient (Wildman–Crippen LogP) is 10.5. The van der Waals surface area contributed by atoms with Crippen molar-refractivity contribution in [2.45, 2.75) is 97.1 Å². The van der Waals surface area contributed by atoms with E-state index in [1.165, 1.54) is 17.6 Å². The van der Waals surface area contributed by atoms with Gasteiger partial charge in [0, 0.05) is 37.0 Å². The molecule has 0 fully saturated rings. The summed E-state index contributed by atoms with van der Waals surface area (Å²) in [6, 6.07) is 26.2. The van der Waals surface area contributed by atoms with Gasteiger partial charge in [-0.15, -0.1) is 0 Å². The number of hydrazone groups is 1. The van der Waals surface area contributed by atoms with Crippen molar-refractivity contribution >= 4 is 56.8 Å². The van der Waals surface area contributed by atoms with Crippen molar-refractivity contribution in [3.8, 4) is 17.2 Å². The second kappa shape index (κ2) is 20.6. The van der Waals surface area contributed by atoms with Gasteiger partial charge in [0.25, 0.3) is 0 Å². The largest absolute Gasteiger partial charge is 0.488 e. The lowest BCUT2D eigenvalue weighted by atomic mass is 9.92. The van der Waals surface area contributed by atoms with Crippen LogP contribution >= 0.6 is 11.3 Å². The van der Waals surface area contributed by atoms with E-state index in [0.29, 0.717) is 47.0 Å². The predicted molar refractivity (Wildman–Crippen MR) is 248 cm³/mol. The summed E-state index contributed by atoms with van der Waals surface area (Å²) in [6.45, 7) is 21.7. The summed E-state index contributed by atoms with van der Waals surface area (Å²) in [5.41, 5.74) is 2.73. The van der Waals surface area contributed by atoms with Gasteiger partial charge in [0.2, 0.25) is 5.13 Å². The van der Waals surface area contributed by atoms with Gasteiger partial charge >= 0.3 is 23.9 Å². The minimum Gasteiger partial charge on any atom is -0.488 e. The van der Waals surface area contributed by atoms with Crippen LogP contribution in [0.25, 0.3) is 10.2 Å². The number of thiazole rings is 1. The summed E-state index contributed by atoms with van der Waals surface area (Å²) in [6.07, 6.45) is 4.95. The van der Waals surface area contributed by atoms with Crippen LogP contribution in [0.15, 0.2) is 121 Å². The number of ether oxygens (including phenoxy) is 6. The maximum absolute atomic E-state index is 13.5. The van der Waals surface area contributed by atoms with Gasteiger partial charge in [-0.2, -0.15) is 5.10 Å². The number of para-hydroxylation sites is 1. The summed E-state index contributed by atoms with van der Waals surface area (Å²) >= 11 is 1.45. The van der Waals surface area contributed by atoms with Crippen molar-refractivity contribution in [2.75, 3.05) is 12.0 Å². The van der Waals surface area contributed by atoms with Crippen molar-refractivity contribution in [1.82, 2.24) is 4.98 Å². The zero-order valence-corrected chi connectivity index (χ0v) is 38.3. The Morgan fingerprint density at radius 3 is 1.75 bits per heavy atom. The van der Waals surface area contributed by atoms with Crippen molar-refractivity contribution in [3.05, 3.63) is 139 Å². The topological polar surface area (TPSA) is 161 Å². The van der Waals surface area contributed by atoms with Crippen LogP contribution in [-0.2, 0) is 30.2 Å². The molecule has 4 aromatic carbocycles. The summed E-state index contributed by atoms with van der Waals surface area (Å²) in [4.78, 5) is 54.6. The Morgan fingerprint density at radius 1 is 0.688 bits per heavy atom. The molecule has 0 saturated carbocycles. The number of nitrogens with zero attached hydrogens (tertiary/aromatic N) is 2. The molecule has 1 heterocycles. The Hall–Kier alpha value is -6.80. The lowest BCUT2D eigenvalue weighted by Crippen LogP contribution is -2.40. The van der Waals surface area contributed by atoms with Crippen molar-refractivity contribution < 1.29 is 47.6 Å². The Labute approximate surface area is 378 Å². The summed E-state index contributed by atoms with van der Waals surface area (Å²) in [5.74, 6) is -0.821. The second-order valence-corrected chi connectivity index (χ2v) is 18.4. The molecule has 14 heteroatoms. The van der Waals surface area contributed by atoms with E-state index in [-0.39, 0.29) is 17.9 Å². The number of hydrogen-bond acceptors (Lipinski definition) is 14. The molecular formula is C50H55N3O10S. The van der Waals surface area contributed by atoms with Crippen molar-refractivity contribution in [1.29, 1.82) is 0 Å². The molecule has 13 nitrogen and oxygen atoms in total. The second-order valence-electron chi connectivity index (χ2n) is 17.4. The molecule has 1 N–H and O–H groups in total. The highest BCUT2D eigenvalue weighted by Crippen LogP contribution is 2.31. The molecule has 0 spiro atoms. The van der Waals surface area contributed by atoms with Gasteiger partial charge in [-0.25, -0.2) is 24.2 Å². The third-order valence-corrected chi connectivity index (χ3v) is 10.3. The number of hydrogen-bond donors (Lipinski definition) is 1. The molecule has 336 valence electrons. The van der Waals surface area contributed by atoms with Crippen LogP contribution < -0.4 is 19.6 Å². The average Bonchev–Trinajstić information content (AvgIpc) is 3.63. The summed E-state index contributed by atoms with van der Waals surface area (Å²) < 4.78 is 35.8. The maximum atomic E-state index is 13.5. The smallest absolute Gasteiger partial charge is 0.343 e.